The second-order valence-corrected chi connectivity index (χ2v) is 6.38. The summed E-state index contributed by atoms with van der Waals surface area (Å²) >= 11 is 5.82. The summed E-state index contributed by atoms with van der Waals surface area (Å²) in [5, 5.41) is 12.6. The average Bonchev–Trinajstić information content (AvgIpc) is 2.81. The van der Waals surface area contributed by atoms with E-state index in [4.69, 9.17) is 11.6 Å². The largest absolute Gasteiger partial charge is 0.506 e. The number of nitrogens with zero attached hydrogens (tertiary/aromatic N) is 1. The van der Waals surface area contributed by atoms with Gasteiger partial charge in [-0.25, -0.2) is 0 Å². The van der Waals surface area contributed by atoms with Gasteiger partial charge in [0, 0.05) is 18.0 Å². The van der Waals surface area contributed by atoms with E-state index >= 15 is 0 Å². The van der Waals surface area contributed by atoms with E-state index in [0.29, 0.717) is 17.9 Å². The number of imide groups is 1. The zero-order valence-electron chi connectivity index (χ0n) is 12.9. The predicted octanol–water partition coefficient (Wildman–Crippen LogP) is 2.33. The Morgan fingerprint density at radius 3 is 2.46 bits per heavy atom. The minimum atomic E-state index is -0.402. The smallest absolute Gasteiger partial charge is 0.233 e. The van der Waals surface area contributed by atoms with Crippen molar-refractivity contribution in [3.8, 4) is 5.75 Å². The molecule has 1 aliphatic carbocycles. The van der Waals surface area contributed by atoms with E-state index in [0.717, 1.165) is 0 Å². The van der Waals surface area contributed by atoms with Gasteiger partial charge in [0.1, 0.15) is 5.75 Å². The van der Waals surface area contributed by atoms with Crippen LogP contribution in [-0.2, 0) is 14.4 Å². The van der Waals surface area contributed by atoms with E-state index < -0.39 is 5.91 Å². The van der Waals surface area contributed by atoms with Crippen LogP contribution in [0.5, 0.6) is 5.75 Å². The number of halogens is 1. The first-order chi connectivity index (χ1) is 11.5. The number of phenolic OH excluding ortho intramolecular Hbond substituents is 1. The summed E-state index contributed by atoms with van der Waals surface area (Å²) < 4.78 is 0. The number of fused-ring (bicyclic) bond motifs is 1. The Morgan fingerprint density at radius 1 is 1.21 bits per heavy atom. The average molecular weight is 349 g/mol. The van der Waals surface area contributed by atoms with E-state index in [2.05, 4.69) is 5.32 Å². The minimum Gasteiger partial charge on any atom is -0.506 e. The van der Waals surface area contributed by atoms with Crippen LogP contribution in [-0.4, -0.2) is 34.3 Å². The standard InChI is InChI=1S/C17H17ClN2O4/c18-10-5-6-14(21)13(9-10)19-15(22)7-8-20-16(23)11-3-1-2-4-12(11)17(20)24/h1-2,5-6,9,11-12,21H,3-4,7-8H2,(H,19,22)/t11-,12+. The van der Waals surface area contributed by atoms with Gasteiger partial charge in [0.25, 0.3) is 0 Å². The van der Waals surface area contributed by atoms with Gasteiger partial charge in [0.2, 0.25) is 17.7 Å². The first kappa shape index (κ1) is 16.5. The van der Waals surface area contributed by atoms with Crippen molar-refractivity contribution < 1.29 is 19.5 Å². The molecule has 0 bridgehead atoms. The van der Waals surface area contributed by atoms with Gasteiger partial charge in [-0.05, 0) is 31.0 Å². The van der Waals surface area contributed by atoms with Gasteiger partial charge >= 0.3 is 0 Å². The van der Waals surface area contributed by atoms with Crippen LogP contribution in [0.2, 0.25) is 5.02 Å². The molecule has 1 aromatic carbocycles. The van der Waals surface area contributed by atoms with E-state index in [1.54, 1.807) is 0 Å². The van der Waals surface area contributed by atoms with E-state index in [-0.39, 0.29) is 48.1 Å². The molecule has 24 heavy (non-hydrogen) atoms. The lowest BCUT2D eigenvalue weighted by Gasteiger charge is -2.14. The zero-order chi connectivity index (χ0) is 17.3. The Kier molecular flexibility index (Phi) is 4.57. The summed E-state index contributed by atoms with van der Waals surface area (Å²) in [6.07, 6.45) is 4.97. The van der Waals surface area contributed by atoms with Gasteiger partial charge in [-0.15, -0.1) is 0 Å². The van der Waals surface area contributed by atoms with Gasteiger partial charge in [-0.3, -0.25) is 19.3 Å². The molecule has 3 rings (SSSR count). The number of anilines is 1. The minimum absolute atomic E-state index is 0.0314. The predicted molar refractivity (Wildman–Crippen MR) is 88.4 cm³/mol. The molecule has 1 aromatic rings. The highest BCUT2D eigenvalue weighted by molar-refractivity contribution is 6.31. The zero-order valence-corrected chi connectivity index (χ0v) is 13.6. The van der Waals surface area contributed by atoms with Crippen LogP contribution in [0.15, 0.2) is 30.4 Å². The third-order valence-electron chi connectivity index (χ3n) is 4.39. The fraction of sp³-hybridized carbons (Fsp3) is 0.353. The van der Waals surface area contributed by atoms with Crippen LogP contribution >= 0.6 is 11.6 Å². The molecule has 6 nitrogen and oxygen atoms in total. The van der Waals surface area contributed by atoms with Gasteiger partial charge in [0.15, 0.2) is 0 Å². The molecule has 1 fully saturated rings. The normalized spacial score (nSPS) is 22.6. The topological polar surface area (TPSA) is 86.7 Å². The van der Waals surface area contributed by atoms with E-state index in [9.17, 15) is 19.5 Å². The lowest BCUT2D eigenvalue weighted by atomic mass is 9.85. The highest BCUT2D eigenvalue weighted by Gasteiger charge is 2.46. The fourth-order valence-electron chi connectivity index (χ4n) is 3.12. The number of aromatic hydroxyl groups is 1. The molecule has 0 aromatic heterocycles. The van der Waals surface area contributed by atoms with Gasteiger partial charge < -0.3 is 10.4 Å². The molecule has 2 atom stereocenters. The molecule has 1 aliphatic heterocycles. The molecule has 3 amide bonds. The highest BCUT2D eigenvalue weighted by atomic mass is 35.5. The Balaban J connectivity index is 1.59. The molecule has 0 radical (unpaired) electrons. The molecule has 7 heteroatoms. The van der Waals surface area contributed by atoms with E-state index in [1.807, 2.05) is 12.2 Å². The summed E-state index contributed by atoms with van der Waals surface area (Å²) in [6, 6.07) is 4.31. The summed E-state index contributed by atoms with van der Waals surface area (Å²) in [6.45, 7) is 0.0395. The maximum atomic E-state index is 12.3. The summed E-state index contributed by atoms with van der Waals surface area (Å²) in [7, 11) is 0. The van der Waals surface area contributed by atoms with Crippen LogP contribution in [0, 0.1) is 11.8 Å². The molecule has 0 saturated carbocycles. The number of allylic oxidation sites excluding steroid dienone is 2. The van der Waals surface area contributed by atoms with Crippen molar-refractivity contribution in [1.29, 1.82) is 0 Å². The summed E-state index contributed by atoms with van der Waals surface area (Å²) in [5.41, 5.74) is 0.199. The monoisotopic (exact) mass is 348 g/mol. The Hall–Kier alpha value is -2.34. The Labute approximate surface area is 144 Å². The molecule has 0 spiro atoms. The van der Waals surface area contributed by atoms with Crippen LogP contribution in [0.1, 0.15) is 19.3 Å². The Morgan fingerprint density at radius 2 is 1.83 bits per heavy atom. The molecule has 2 N–H and O–H groups in total. The second-order valence-electron chi connectivity index (χ2n) is 5.94. The lowest BCUT2D eigenvalue weighted by molar-refractivity contribution is -0.140. The number of amides is 3. The maximum Gasteiger partial charge on any atom is 0.233 e. The van der Waals surface area contributed by atoms with Crippen molar-refractivity contribution in [3.63, 3.8) is 0 Å². The number of phenols is 1. The number of hydrogen-bond acceptors (Lipinski definition) is 4. The quantitative estimate of drug-likeness (QED) is 0.496. The van der Waals surface area contributed by atoms with Gasteiger partial charge in [-0.1, -0.05) is 23.8 Å². The Bertz CT molecular complexity index is 705. The molecule has 126 valence electrons. The van der Waals surface area contributed by atoms with E-state index in [1.165, 1.54) is 23.1 Å². The third-order valence-corrected chi connectivity index (χ3v) is 4.63. The summed E-state index contributed by atoms with van der Waals surface area (Å²) in [5.74, 6) is -1.48. The van der Waals surface area contributed by atoms with Crippen LogP contribution in [0.3, 0.4) is 0 Å². The third kappa shape index (κ3) is 3.14. The molecule has 2 aliphatic rings. The molecule has 0 unspecified atom stereocenters. The summed E-state index contributed by atoms with van der Waals surface area (Å²) in [4.78, 5) is 37.8. The molecule has 1 heterocycles. The van der Waals surface area contributed by atoms with Crippen LogP contribution in [0.4, 0.5) is 5.69 Å². The SMILES string of the molecule is O=C(CCN1C(=O)[C@H]2CC=CC[C@H]2C1=O)Nc1cc(Cl)ccc1O. The van der Waals surface area contributed by atoms with Gasteiger partial charge in [-0.2, -0.15) is 0 Å². The van der Waals surface area contributed by atoms with Crippen molar-refractivity contribution in [3.05, 3.63) is 35.4 Å². The first-order valence-corrected chi connectivity index (χ1v) is 8.13. The van der Waals surface area contributed by atoms with Crippen LogP contribution < -0.4 is 5.32 Å². The molecule has 1 saturated heterocycles. The van der Waals surface area contributed by atoms with Crippen molar-refractivity contribution in [1.82, 2.24) is 4.90 Å². The molecular formula is C17H17ClN2O4. The fourth-order valence-corrected chi connectivity index (χ4v) is 3.30. The first-order valence-electron chi connectivity index (χ1n) is 7.76. The number of likely N-dealkylation sites (tertiary alicyclic amines) is 1. The van der Waals surface area contributed by atoms with Crippen molar-refractivity contribution >= 4 is 35.0 Å². The highest BCUT2D eigenvalue weighted by Crippen LogP contribution is 2.35. The molecular weight excluding hydrogens is 332 g/mol. The number of carbonyl (C=O) groups excluding carboxylic acids is 3. The number of carbonyl (C=O) groups is 3. The van der Waals surface area contributed by atoms with Crippen molar-refractivity contribution in [2.24, 2.45) is 11.8 Å². The number of benzene rings is 1. The number of hydrogen-bond donors (Lipinski definition) is 2. The van der Waals surface area contributed by atoms with Crippen molar-refractivity contribution in [2.45, 2.75) is 19.3 Å². The van der Waals surface area contributed by atoms with Gasteiger partial charge in [0.05, 0.1) is 17.5 Å². The lowest BCUT2D eigenvalue weighted by Crippen LogP contribution is -2.34. The van der Waals surface area contributed by atoms with Crippen LogP contribution in [0.25, 0.3) is 0 Å². The number of nitrogens with one attached hydrogen (secondary N) is 1. The second kappa shape index (κ2) is 6.65. The number of rotatable bonds is 4. The maximum absolute atomic E-state index is 12.3. The van der Waals surface area contributed by atoms with Crippen molar-refractivity contribution in [2.75, 3.05) is 11.9 Å².